The van der Waals surface area contributed by atoms with Crippen molar-refractivity contribution >= 4 is 5.91 Å². The first-order chi connectivity index (χ1) is 10.1. The van der Waals surface area contributed by atoms with E-state index >= 15 is 0 Å². The molecule has 4 heteroatoms. The lowest BCUT2D eigenvalue weighted by Crippen LogP contribution is -2.45. The van der Waals surface area contributed by atoms with Crippen molar-refractivity contribution in [2.24, 2.45) is 0 Å². The molecule has 3 rings (SSSR count). The van der Waals surface area contributed by atoms with Crippen LogP contribution in [0.1, 0.15) is 46.3 Å². The standard InChI is InChI=1S/C17H21N3O/c1-12-4-5-15(8-13(12)2)17(6-3-7-17)11-18-16(21)14-9-19-20-10-14/h4-5,8-10H,3,6-7,11H2,1-2H3,(H,18,21)(H,19,20). The predicted octanol–water partition coefficient (Wildman–Crippen LogP) is 2.88. The number of aromatic nitrogens is 2. The molecule has 0 unspecified atom stereocenters. The Kier molecular flexibility index (Phi) is 3.53. The van der Waals surface area contributed by atoms with E-state index in [9.17, 15) is 4.79 Å². The number of amides is 1. The number of carbonyl (C=O) groups excluding carboxylic acids is 1. The van der Waals surface area contributed by atoms with Gasteiger partial charge in [-0.25, -0.2) is 0 Å². The highest BCUT2D eigenvalue weighted by Gasteiger charge is 2.39. The van der Waals surface area contributed by atoms with Crippen LogP contribution in [0, 0.1) is 13.8 Å². The van der Waals surface area contributed by atoms with E-state index in [0.29, 0.717) is 12.1 Å². The number of hydrogen-bond acceptors (Lipinski definition) is 2. The lowest BCUT2D eigenvalue weighted by atomic mass is 9.64. The zero-order valence-corrected chi connectivity index (χ0v) is 12.6. The third kappa shape index (κ3) is 2.58. The molecule has 1 aliphatic rings. The van der Waals surface area contributed by atoms with Crippen LogP contribution >= 0.6 is 0 Å². The Labute approximate surface area is 125 Å². The number of nitrogens with zero attached hydrogens (tertiary/aromatic N) is 1. The first-order valence-corrected chi connectivity index (χ1v) is 7.45. The van der Waals surface area contributed by atoms with Gasteiger partial charge in [0.05, 0.1) is 11.8 Å². The fraction of sp³-hybridized carbons (Fsp3) is 0.412. The van der Waals surface area contributed by atoms with Crippen LogP contribution in [-0.2, 0) is 5.41 Å². The normalized spacial score (nSPS) is 16.3. The van der Waals surface area contributed by atoms with Gasteiger partial charge in [0.25, 0.3) is 5.91 Å². The summed E-state index contributed by atoms with van der Waals surface area (Å²) in [5.41, 5.74) is 4.68. The summed E-state index contributed by atoms with van der Waals surface area (Å²) in [5.74, 6) is -0.0566. The van der Waals surface area contributed by atoms with E-state index in [-0.39, 0.29) is 11.3 Å². The quantitative estimate of drug-likeness (QED) is 0.906. The Morgan fingerprint density at radius 1 is 1.33 bits per heavy atom. The van der Waals surface area contributed by atoms with Crippen molar-refractivity contribution < 1.29 is 4.79 Å². The molecule has 110 valence electrons. The van der Waals surface area contributed by atoms with Crippen LogP contribution in [0.5, 0.6) is 0 Å². The second-order valence-electron chi connectivity index (χ2n) is 6.10. The third-order valence-corrected chi connectivity index (χ3v) is 4.78. The number of nitrogens with one attached hydrogen (secondary N) is 2. The molecule has 21 heavy (non-hydrogen) atoms. The number of benzene rings is 1. The highest BCUT2D eigenvalue weighted by molar-refractivity contribution is 5.93. The van der Waals surface area contributed by atoms with E-state index in [1.807, 2.05) is 0 Å². The van der Waals surface area contributed by atoms with E-state index in [1.54, 1.807) is 12.4 Å². The van der Waals surface area contributed by atoms with Gasteiger partial charge in [0, 0.05) is 18.2 Å². The molecule has 0 aliphatic heterocycles. The lowest BCUT2D eigenvalue weighted by Gasteiger charge is -2.43. The van der Waals surface area contributed by atoms with Crippen LogP contribution in [0.2, 0.25) is 0 Å². The van der Waals surface area contributed by atoms with E-state index < -0.39 is 0 Å². The topological polar surface area (TPSA) is 57.8 Å². The second-order valence-corrected chi connectivity index (χ2v) is 6.10. The molecule has 1 amide bonds. The molecule has 1 aliphatic carbocycles. The van der Waals surface area contributed by atoms with Crippen LogP contribution in [0.3, 0.4) is 0 Å². The molecule has 0 radical (unpaired) electrons. The molecule has 1 fully saturated rings. The Hall–Kier alpha value is -2.10. The van der Waals surface area contributed by atoms with Gasteiger partial charge in [-0.3, -0.25) is 9.89 Å². The smallest absolute Gasteiger partial charge is 0.254 e. The van der Waals surface area contributed by atoms with Gasteiger partial charge in [-0.15, -0.1) is 0 Å². The van der Waals surface area contributed by atoms with E-state index in [1.165, 1.54) is 23.1 Å². The first kappa shape index (κ1) is 13.9. The second kappa shape index (κ2) is 5.35. The minimum Gasteiger partial charge on any atom is -0.351 e. The zero-order chi connectivity index (χ0) is 14.9. The van der Waals surface area contributed by atoms with Crippen molar-refractivity contribution in [3.05, 3.63) is 52.8 Å². The van der Waals surface area contributed by atoms with Crippen LogP contribution in [0.25, 0.3) is 0 Å². The number of hydrogen-bond donors (Lipinski definition) is 2. The molecule has 4 nitrogen and oxygen atoms in total. The third-order valence-electron chi connectivity index (χ3n) is 4.78. The molecule has 0 spiro atoms. The summed E-state index contributed by atoms with van der Waals surface area (Å²) in [6.45, 7) is 4.97. The lowest BCUT2D eigenvalue weighted by molar-refractivity contribution is 0.0928. The molecule has 2 aromatic rings. The summed E-state index contributed by atoms with van der Waals surface area (Å²) in [6, 6.07) is 6.67. The van der Waals surface area contributed by atoms with Crippen molar-refractivity contribution in [2.45, 2.75) is 38.5 Å². The Morgan fingerprint density at radius 2 is 2.14 bits per heavy atom. The maximum atomic E-state index is 12.1. The van der Waals surface area contributed by atoms with Crippen LogP contribution in [0.4, 0.5) is 0 Å². The number of rotatable bonds is 4. The van der Waals surface area contributed by atoms with Crippen LogP contribution < -0.4 is 5.32 Å². The average Bonchev–Trinajstić information content (AvgIpc) is 2.95. The summed E-state index contributed by atoms with van der Waals surface area (Å²) < 4.78 is 0. The van der Waals surface area contributed by atoms with Crippen molar-refractivity contribution in [1.82, 2.24) is 15.5 Å². The fourth-order valence-electron chi connectivity index (χ4n) is 2.97. The van der Waals surface area contributed by atoms with Crippen molar-refractivity contribution in [3.8, 4) is 0 Å². The van der Waals surface area contributed by atoms with E-state index in [0.717, 1.165) is 12.8 Å². The average molecular weight is 283 g/mol. The van der Waals surface area contributed by atoms with Gasteiger partial charge < -0.3 is 5.32 Å². The Morgan fingerprint density at radius 3 is 2.71 bits per heavy atom. The summed E-state index contributed by atoms with van der Waals surface area (Å²) in [4.78, 5) is 12.1. The SMILES string of the molecule is Cc1ccc(C2(CNC(=O)c3cn[nH]c3)CCC2)cc1C. The fourth-order valence-corrected chi connectivity index (χ4v) is 2.97. The van der Waals surface area contributed by atoms with Crippen molar-refractivity contribution in [2.75, 3.05) is 6.54 Å². The van der Waals surface area contributed by atoms with Crippen LogP contribution in [0.15, 0.2) is 30.6 Å². The molecule has 1 aromatic carbocycles. The molecule has 2 N–H and O–H groups in total. The maximum Gasteiger partial charge on any atom is 0.254 e. The van der Waals surface area contributed by atoms with Gasteiger partial charge in [0.2, 0.25) is 0 Å². The minimum absolute atomic E-state index is 0.0566. The van der Waals surface area contributed by atoms with Gasteiger partial charge in [0.15, 0.2) is 0 Å². The maximum absolute atomic E-state index is 12.1. The minimum atomic E-state index is -0.0566. The molecule has 0 atom stereocenters. The molecule has 0 saturated heterocycles. The monoisotopic (exact) mass is 283 g/mol. The zero-order valence-electron chi connectivity index (χ0n) is 12.6. The molecule has 1 heterocycles. The van der Waals surface area contributed by atoms with Gasteiger partial charge in [-0.05, 0) is 43.4 Å². The van der Waals surface area contributed by atoms with Gasteiger partial charge >= 0.3 is 0 Å². The molecule has 0 bridgehead atoms. The number of carbonyl (C=O) groups is 1. The largest absolute Gasteiger partial charge is 0.351 e. The first-order valence-electron chi connectivity index (χ1n) is 7.45. The number of aromatic amines is 1. The summed E-state index contributed by atoms with van der Waals surface area (Å²) >= 11 is 0. The van der Waals surface area contributed by atoms with Crippen molar-refractivity contribution in [3.63, 3.8) is 0 Å². The highest BCUT2D eigenvalue weighted by Crippen LogP contribution is 2.43. The van der Waals surface area contributed by atoms with Gasteiger partial charge in [-0.2, -0.15) is 5.10 Å². The van der Waals surface area contributed by atoms with Gasteiger partial charge in [-0.1, -0.05) is 24.6 Å². The molecule has 1 saturated carbocycles. The summed E-state index contributed by atoms with van der Waals surface area (Å²) in [7, 11) is 0. The number of H-pyrrole nitrogens is 1. The predicted molar refractivity (Wildman–Crippen MR) is 82.4 cm³/mol. The molecular weight excluding hydrogens is 262 g/mol. The van der Waals surface area contributed by atoms with E-state index in [2.05, 4.69) is 47.6 Å². The Balaban J connectivity index is 1.74. The Bertz CT molecular complexity index is 642. The van der Waals surface area contributed by atoms with Gasteiger partial charge in [0.1, 0.15) is 0 Å². The summed E-state index contributed by atoms with van der Waals surface area (Å²) in [6.07, 6.45) is 6.69. The highest BCUT2D eigenvalue weighted by atomic mass is 16.1. The van der Waals surface area contributed by atoms with Crippen LogP contribution in [-0.4, -0.2) is 22.6 Å². The number of aryl methyl sites for hydroxylation is 2. The summed E-state index contributed by atoms with van der Waals surface area (Å²) in [5, 5.41) is 9.55. The molecule has 1 aromatic heterocycles. The van der Waals surface area contributed by atoms with E-state index in [4.69, 9.17) is 0 Å². The molecular formula is C17H21N3O. The van der Waals surface area contributed by atoms with Crippen molar-refractivity contribution in [1.29, 1.82) is 0 Å².